The molecule has 94 heavy (non-hydrogen) atoms. The average Bonchev–Trinajstić information content (AvgIpc) is 0.805. The molecule has 0 heterocycles. The van der Waals surface area contributed by atoms with Crippen molar-refractivity contribution in [2.24, 2.45) is 0 Å². The van der Waals surface area contributed by atoms with Gasteiger partial charge in [0.15, 0.2) is 69.3 Å². The first-order chi connectivity index (χ1) is 43.0. The van der Waals surface area contributed by atoms with Crippen molar-refractivity contribution in [3.05, 3.63) is 194 Å². The summed E-state index contributed by atoms with van der Waals surface area (Å²) in [7, 11) is -20.0. The minimum atomic E-state index is -6.52. The maximum Gasteiger partial charge on any atom is 1.00 e. The van der Waals surface area contributed by atoms with Gasteiger partial charge in [0, 0.05) is 11.1 Å². The quantitative estimate of drug-likeness (QED) is 0.0155. The Kier molecular flexibility index (Phi) is 32.2. The van der Waals surface area contributed by atoms with Crippen LogP contribution in [0.25, 0.3) is 0 Å². The Labute approximate surface area is 578 Å². The molecule has 0 N–H and O–H groups in total. The van der Waals surface area contributed by atoms with Gasteiger partial charge in [-0.1, -0.05) is 124 Å². The van der Waals surface area contributed by atoms with Crippen molar-refractivity contribution in [1.82, 2.24) is 0 Å². The summed E-state index contributed by atoms with van der Waals surface area (Å²) in [5.74, 6) is -12.5. The summed E-state index contributed by atoms with van der Waals surface area (Å²) in [6.45, 7) is 6.23. The molecule has 0 amide bonds. The number of sulfone groups is 2. The molecule has 6 aromatic carbocycles. The van der Waals surface area contributed by atoms with Crippen LogP contribution in [0.1, 0.15) is 90.9 Å². The van der Waals surface area contributed by atoms with E-state index >= 15 is 0 Å². The summed E-state index contributed by atoms with van der Waals surface area (Å²) >= 11 is 0. The zero-order chi connectivity index (χ0) is 68.4. The van der Waals surface area contributed by atoms with Crippen LogP contribution in [0.4, 0.5) is 35.1 Å². The Morgan fingerprint density at radius 2 is 0.649 bits per heavy atom. The van der Waals surface area contributed by atoms with Gasteiger partial charge in [0.2, 0.25) is 0 Å². The molecule has 0 bridgehead atoms. The standard InChI is InChI=1S/2C24H25O2S2.2C8H10F4O5S.ClH.Na/c2*25-28(26,23-14-8-3-9-15-23)24-18-16-22(17-19-24)27(20-10-4-1-5-11-20)21-12-6-2-7-13-21;2*1-5(2)6(13)17-4-3-7(9,10)8(11,12)18(14,15)16;;/h2*1-2,4-7,10-13,16-19,23H,3,8-9,14-15H2;2*1,3-4H2,2H3,(H,14,15,16);1H;/q2*+1;;;;+1/p-3. The second-order valence-electron chi connectivity index (χ2n) is 21.1. The normalized spacial score (nSPS) is 14.4. The maximum absolute atomic E-state index is 13.0. The Hall–Kier alpha value is -5.11. The van der Waals surface area contributed by atoms with Gasteiger partial charge in [-0.15, -0.1) is 0 Å². The van der Waals surface area contributed by atoms with E-state index in [2.05, 4.69) is 120 Å². The molecule has 6 aromatic rings. The average molecular weight is 1460 g/mol. The molecule has 0 unspecified atom stereocenters. The smallest absolute Gasteiger partial charge is 1.00 e. The van der Waals surface area contributed by atoms with Gasteiger partial charge in [-0.2, -0.15) is 35.1 Å². The number of ether oxygens (including phenoxy) is 2. The third-order valence-corrected chi connectivity index (χ3v) is 25.0. The Morgan fingerprint density at radius 1 is 0.426 bits per heavy atom. The van der Waals surface area contributed by atoms with Gasteiger partial charge in [0.25, 0.3) is 0 Å². The van der Waals surface area contributed by atoms with Crippen LogP contribution >= 0.6 is 0 Å². The monoisotopic (exact) mass is 1460 g/mol. The first kappa shape index (κ1) is 83.1. The van der Waals surface area contributed by atoms with Crippen molar-refractivity contribution < 1.29 is 139 Å². The molecule has 508 valence electrons. The van der Waals surface area contributed by atoms with Crippen LogP contribution in [0.2, 0.25) is 0 Å². The molecule has 0 spiro atoms. The summed E-state index contributed by atoms with van der Waals surface area (Å²) in [6, 6.07) is 56.9. The fraction of sp³-hybridized carbons (Fsp3) is 0.344. The van der Waals surface area contributed by atoms with Crippen LogP contribution in [-0.4, -0.2) is 101 Å². The van der Waals surface area contributed by atoms with Crippen molar-refractivity contribution in [3.8, 4) is 0 Å². The van der Waals surface area contributed by atoms with Crippen LogP contribution in [0, 0.1) is 0 Å². The first-order valence-electron chi connectivity index (χ1n) is 28.4. The van der Waals surface area contributed by atoms with Gasteiger partial charge in [0.1, 0.15) is 0 Å². The molecule has 2 aliphatic rings. The molecule has 2 fully saturated rings. The van der Waals surface area contributed by atoms with Gasteiger partial charge in [0.05, 0.1) is 68.1 Å². The predicted octanol–water partition coefficient (Wildman–Crippen LogP) is 8.32. The zero-order valence-corrected chi connectivity index (χ0v) is 58.9. The van der Waals surface area contributed by atoms with Crippen molar-refractivity contribution in [3.63, 3.8) is 0 Å². The number of benzene rings is 6. The molecule has 0 radical (unpaired) electrons. The molecule has 2 saturated carbocycles. The molecule has 14 nitrogen and oxygen atoms in total. The maximum atomic E-state index is 13.0. The molecular formula is C64H68ClF8NaO14S6. The van der Waals surface area contributed by atoms with Crippen LogP contribution in [0.5, 0.6) is 0 Å². The predicted molar refractivity (Wildman–Crippen MR) is 331 cm³/mol. The third-order valence-electron chi connectivity index (χ3n) is 14.1. The van der Waals surface area contributed by atoms with Crippen LogP contribution < -0.4 is 42.0 Å². The van der Waals surface area contributed by atoms with Gasteiger partial charge in [-0.3, -0.25) is 0 Å². The fourth-order valence-electron chi connectivity index (χ4n) is 9.16. The minimum absolute atomic E-state index is 0. The molecule has 0 aliphatic heterocycles. The largest absolute Gasteiger partial charge is 1.00 e. The van der Waals surface area contributed by atoms with Gasteiger partial charge in [-0.05, 0) is 137 Å². The number of hydrogen-bond donors (Lipinski definition) is 0. The number of carbonyl (C=O) groups excluding carboxylic acids is 2. The number of halogens is 9. The van der Waals surface area contributed by atoms with E-state index in [1.807, 2.05) is 72.8 Å². The van der Waals surface area contributed by atoms with E-state index in [1.54, 1.807) is 0 Å². The molecular weight excluding hydrogens is 1400 g/mol. The van der Waals surface area contributed by atoms with Gasteiger partial charge < -0.3 is 31.0 Å². The van der Waals surface area contributed by atoms with E-state index in [9.17, 15) is 87.5 Å². The fourth-order valence-corrected chi connectivity index (χ4v) is 18.0. The molecule has 0 saturated heterocycles. The number of carbonyl (C=O) groups is 2. The van der Waals surface area contributed by atoms with Crippen molar-refractivity contribution in [2.45, 2.75) is 163 Å². The summed E-state index contributed by atoms with van der Waals surface area (Å²) < 4.78 is 222. The summed E-state index contributed by atoms with van der Waals surface area (Å²) in [4.78, 5) is 29.6. The number of hydrogen-bond acceptors (Lipinski definition) is 14. The topological polar surface area (TPSA) is 235 Å². The van der Waals surface area contributed by atoms with Gasteiger partial charge in [-0.25, -0.2) is 43.3 Å². The van der Waals surface area contributed by atoms with Crippen LogP contribution in [0.3, 0.4) is 0 Å². The second kappa shape index (κ2) is 36.5. The molecule has 2 aliphatic carbocycles. The van der Waals surface area contributed by atoms with E-state index in [1.165, 1.54) is 33.4 Å². The molecule has 0 atom stereocenters. The van der Waals surface area contributed by atoms with Crippen LogP contribution in [0.15, 0.2) is 233 Å². The zero-order valence-electron chi connectivity index (χ0n) is 51.2. The minimum Gasteiger partial charge on any atom is -1.00 e. The Bertz CT molecular complexity index is 3540. The van der Waals surface area contributed by atoms with Gasteiger partial charge >= 0.3 is 63.9 Å². The van der Waals surface area contributed by atoms with Crippen LogP contribution in [-0.2, 0) is 80.8 Å². The second-order valence-corrected chi connectivity index (χ2v) is 32.5. The van der Waals surface area contributed by atoms with E-state index < -0.39 is 100 Å². The first-order valence-corrected chi connectivity index (χ1v) is 36.8. The molecule has 30 heteroatoms. The SMILES string of the molecule is C=C(C)C(=O)OCCC(F)(F)C(F)(F)S(=O)(=O)[O-].C=C(C)C(=O)OCCC(F)(F)C(F)(F)S(=O)(=O)[O-].O=S(=O)(c1ccc([S+](c2ccccc2)c2ccccc2)cc1)C1CCCCC1.O=S(=O)(c1ccc([S+](c2ccccc2)c2ccccc2)cc1)C1CCCCC1.[Cl-].[Na+]. The van der Waals surface area contributed by atoms with Crippen molar-refractivity contribution >= 4 is 73.6 Å². The Balaban J connectivity index is 0.000000333. The molecule has 0 aromatic heterocycles. The van der Waals surface area contributed by atoms with E-state index in [0.717, 1.165) is 74.0 Å². The third kappa shape index (κ3) is 22.5. The summed E-state index contributed by atoms with van der Waals surface area (Å²) in [6.07, 6.45) is 5.96. The Morgan fingerprint density at radius 3 is 0.862 bits per heavy atom. The van der Waals surface area contributed by atoms with E-state index in [-0.39, 0.29) is 85.4 Å². The number of rotatable bonds is 22. The number of alkyl halides is 8. The summed E-state index contributed by atoms with van der Waals surface area (Å²) in [5, 5.41) is -12.0. The number of esters is 2. The van der Waals surface area contributed by atoms with Crippen molar-refractivity contribution in [1.29, 1.82) is 0 Å². The van der Waals surface area contributed by atoms with E-state index in [4.69, 9.17) is 0 Å². The van der Waals surface area contributed by atoms with E-state index in [0.29, 0.717) is 9.79 Å². The molecule has 8 rings (SSSR count). The van der Waals surface area contributed by atoms with Crippen molar-refractivity contribution in [2.75, 3.05) is 13.2 Å². The summed E-state index contributed by atoms with van der Waals surface area (Å²) in [5.41, 5.74) is -0.303.